The van der Waals surface area contributed by atoms with Crippen LogP contribution < -0.4 is 5.32 Å². The number of hydrogen-bond donors (Lipinski definition) is 1. The van der Waals surface area contributed by atoms with Gasteiger partial charge < -0.3 is 5.32 Å². The molecule has 1 unspecified atom stereocenters. The van der Waals surface area contributed by atoms with Gasteiger partial charge in [-0.3, -0.25) is 4.90 Å². The van der Waals surface area contributed by atoms with Crippen LogP contribution in [0.2, 0.25) is 0 Å². The number of hydrogen-bond acceptors (Lipinski definition) is 2. The van der Waals surface area contributed by atoms with E-state index in [1.165, 1.54) is 45.2 Å². The minimum absolute atomic E-state index is 0.459. The molecular formula is C17H32N2. The van der Waals surface area contributed by atoms with E-state index in [2.05, 4.69) is 44.8 Å². The molecule has 1 N–H and O–H groups in total. The van der Waals surface area contributed by atoms with Crippen molar-refractivity contribution in [2.45, 2.75) is 84.3 Å². The van der Waals surface area contributed by atoms with E-state index in [1.807, 2.05) is 0 Å². The predicted molar refractivity (Wildman–Crippen MR) is 81.3 cm³/mol. The maximum Gasteiger partial charge on any atom is 0.0309 e. The van der Waals surface area contributed by atoms with Crippen LogP contribution in [0.1, 0.15) is 66.7 Å². The first-order valence-corrected chi connectivity index (χ1v) is 8.35. The van der Waals surface area contributed by atoms with Crippen molar-refractivity contribution in [2.24, 2.45) is 10.8 Å². The quantitative estimate of drug-likeness (QED) is 0.822. The van der Waals surface area contributed by atoms with Crippen LogP contribution in [0.5, 0.6) is 0 Å². The van der Waals surface area contributed by atoms with Gasteiger partial charge in [-0.15, -0.1) is 0 Å². The zero-order valence-electron chi connectivity index (χ0n) is 13.6. The summed E-state index contributed by atoms with van der Waals surface area (Å²) in [5.41, 5.74) is 1.43. The van der Waals surface area contributed by atoms with E-state index in [0.717, 1.165) is 12.1 Å². The van der Waals surface area contributed by atoms with Crippen molar-refractivity contribution in [3.05, 3.63) is 0 Å². The lowest BCUT2D eigenvalue weighted by Crippen LogP contribution is -2.64. The van der Waals surface area contributed by atoms with Gasteiger partial charge in [-0.05, 0) is 30.1 Å². The van der Waals surface area contributed by atoms with Crippen LogP contribution >= 0.6 is 0 Å². The van der Waals surface area contributed by atoms with Crippen molar-refractivity contribution >= 4 is 0 Å². The Morgan fingerprint density at radius 1 is 1.05 bits per heavy atom. The molecule has 0 aromatic carbocycles. The average Bonchev–Trinajstić information content (AvgIpc) is 2.69. The molecule has 0 aromatic rings. The normalized spacial score (nSPS) is 36.8. The predicted octanol–water partition coefficient (Wildman–Crippen LogP) is 3.42. The SMILES string of the molecule is CCC1CNC2(CCCC2)CN1C1C(C)(C)C1(C)C. The van der Waals surface area contributed by atoms with E-state index in [0.29, 0.717) is 16.4 Å². The third kappa shape index (κ3) is 1.90. The minimum Gasteiger partial charge on any atom is -0.308 e. The Bertz CT molecular complexity index is 338. The van der Waals surface area contributed by atoms with Crippen LogP contribution in [-0.2, 0) is 0 Å². The van der Waals surface area contributed by atoms with Gasteiger partial charge in [0, 0.05) is 30.7 Å². The van der Waals surface area contributed by atoms with Crippen LogP contribution in [-0.4, -0.2) is 35.6 Å². The fourth-order valence-electron chi connectivity index (χ4n) is 5.04. The van der Waals surface area contributed by atoms with E-state index >= 15 is 0 Å². The van der Waals surface area contributed by atoms with Crippen molar-refractivity contribution in [1.29, 1.82) is 0 Å². The van der Waals surface area contributed by atoms with Gasteiger partial charge in [-0.25, -0.2) is 0 Å². The summed E-state index contributed by atoms with van der Waals surface area (Å²) in [6.45, 7) is 14.7. The van der Waals surface area contributed by atoms with Gasteiger partial charge in [0.05, 0.1) is 0 Å². The molecule has 0 amide bonds. The van der Waals surface area contributed by atoms with Gasteiger partial charge in [0.2, 0.25) is 0 Å². The first kappa shape index (κ1) is 13.9. The lowest BCUT2D eigenvalue weighted by molar-refractivity contribution is 0.0559. The second kappa shape index (κ2) is 4.21. The molecule has 2 saturated carbocycles. The van der Waals surface area contributed by atoms with Crippen molar-refractivity contribution in [3.63, 3.8) is 0 Å². The van der Waals surface area contributed by atoms with Crippen LogP contribution in [0, 0.1) is 10.8 Å². The highest BCUT2D eigenvalue weighted by atomic mass is 15.3. The lowest BCUT2D eigenvalue weighted by Gasteiger charge is -2.47. The van der Waals surface area contributed by atoms with Gasteiger partial charge in [0.25, 0.3) is 0 Å². The molecule has 110 valence electrons. The molecule has 1 spiro atoms. The Balaban J connectivity index is 1.81. The molecule has 19 heavy (non-hydrogen) atoms. The Labute approximate surface area is 119 Å². The van der Waals surface area contributed by atoms with Crippen LogP contribution in [0.15, 0.2) is 0 Å². The third-order valence-corrected chi connectivity index (χ3v) is 6.98. The molecule has 0 bridgehead atoms. The first-order chi connectivity index (χ1) is 8.84. The molecule has 2 aliphatic carbocycles. The maximum absolute atomic E-state index is 3.92. The molecule has 1 atom stereocenters. The Hall–Kier alpha value is -0.0800. The standard InChI is InChI=1S/C17H32N2/c1-6-13-11-18-17(9-7-8-10-17)12-19(13)14-15(2,3)16(14,4)5/h13-14,18H,6-12H2,1-5H3. The second-order valence-corrected chi connectivity index (χ2v) is 8.45. The van der Waals surface area contributed by atoms with E-state index in [-0.39, 0.29) is 0 Å². The minimum atomic E-state index is 0.459. The largest absolute Gasteiger partial charge is 0.308 e. The maximum atomic E-state index is 3.92. The van der Waals surface area contributed by atoms with E-state index in [1.54, 1.807) is 0 Å². The van der Waals surface area contributed by atoms with E-state index in [4.69, 9.17) is 0 Å². The highest BCUT2D eigenvalue weighted by molar-refractivity contribution is 5.21. The Kier molecular flexibility index (Phi) is 3.07. The Morgan fingerprint density at radius 3 is 2.11 bits per heavy atom. The zero-order valence-corrected chi connectivity index (χ0v) is 13.6. The summed E-state index contributed by atoms with van der Waals surface area (Å²) in [6, 6.07) is 1.53. The highest BCUT2D eigenvalue weighted by Crippen LogP contribution is 2.66. The van der Waals surface area contributed by atoms with Crippen molar-refractivity contribution in [1.82, 2.24) is 10.2 Å². The van der Waals surface area contributed by atoms with Gasteiger partial charge in [0.1, 0.15) is 0 Å². The summed E-state index contributed by atoms with van der Waals surface area (Å²) >= 11 is 0. The number of nitrogens with one attached hydrogen (secondary N) is 1. The molecule has 2 heteroatoms. The molecular weight excluding hydrogens is 232 g/mol. The number of piperazine rings is 1. The second-order valence-electron chi connectivity index (χ2n) is 8.45. The molecule has 3 fully saturated rings. The average molecular weight is 264 g/mol. The lowest BCUT2D eigenvalue weighted by atomic mass is 9.91. The Morgan fingerprint density at radius 2 is 1.63 bits per heavy atom. The smallest absolute Gasteiger partial charge is 0.0309 e. The number of rotatable bonds is 2. The molecule has 1 aliphatic heterocycles. The number of nitrogens with zero attached hydrogens (tertiary/aromatic N) is 1. The van der Waals surface area contributed by atoms with Gasteiger partial charge in [-0.1, -0.05) is 47.5 Å². The summed E-state index contributed by atoms with van der Waals surface area (Å²) in [7, 11) is 0. The van der Waals surface area contributed by atoms with E-state index in [9.17, 15) is 0 Å². The van der Waals surface area contributed by atoms with E-state index < -0.39 is 0 Å². The van der Waals surface area contributed by atoms with Crippen LogP contribution in [0.25, 0.3) is 0 Å². The van der Waals surface area contributed by atoms with Gasteiger partial charge >= 0.3 is 0 Å². The highest BCUT2D eigenvalue weighted by Gasteiger charge is 2.68. The van der Waals surface area contributed by atoms with Crippen molar-refractivity contribution in [2.75, 3.05) is 13.1 Å². The summed E-state index contributed by atoms with van der Waals surface area (Å²) in [4.78, 5) is 2.89. The molecule has 1 saturated heterocycles. The van der Waals surface area contributed by atoms with Crippen molar-refractivity contribution in [3.8, 4) is 0 Å². The summed E-state index contributed by atoms with van der Waals surface area (Å²) < 4.78 is 0. The molecule has 0 aromatic heterocycles. The van der Waals surface area contributed by atoms with Crippen LogP contribution in [0.3, 0.4) is 0 Å². The van der Waals surface area contributed by atoms with Gasteiger partial charge in [0.15, 0.2) is 0 Å². The van der Waals surface area contributed by atoms with Crippen molar-refractivity contribution < 1.29 is 0 Å². The fourth-order valence-corrected chi connectivity index (χ4v) is 5.04. The summed E-state index contributed by atoms with van der Waals surface area (Å²) in [6.07, 6.45) is 6.93. The fraction of sp³-hybridized carbons (Fsp3) is 1.00. The molecule has 0 radical (unpaired) electrons. The third-order valence-electron chi connectivity index (χ3n) is 6.98. The van der Waals surface area contributed by atoms with Crippen LogP contribution in [0.4, 0.5) is 0 Å². The first-order valence-electron chi connectivity index (χ1n) is 8.35. The monoisotopic (exact) mass is 264 g/mol. The summed E-state index contributed by atoms with van der Waals surface area (Å²) in [5.74, 6) is 0. The molecule has 2 nitrogen and oxygen atoms in total. The summed E-state index contributed by atoms with van der Waals surface area (Å²) in [5, 5.41) is 3.92. The molecule has 1 heterocycles. The van der Waals surface area contributed by atoms with Gasteiger partial charge in [-0.2, -0.15) is 0 Å². The zero-order chi connectivity index (χ0) is 13.9. The topological polar surface area (TPSA) is 15.3 Å². The molecule has 3 rings (SSSR count). The molecule has 3 aliphatic rings.